The fourth-order valence-corrected chi connectivity index (χ4v) is 2.15. The zero-order chi connectivity index (χ0) is 12.4. The lowest BCUT2D eigenvalue weighted by Crippen LogP contribution is -2.33. The topological polar surface area (TPSA) is 63.5 Å². The Kier molecular flexibility index (Phi) is 3.08. The first-order valence-corrected chi connectivity index (χ1v) is 5.65. The Morgan fingerprint density at radius 2 is 2.29 bits per heavy atom. The van der Waals surface area contributed by atoms with Crippen LogP contribution in [0.25, 0.3) is 0 Å². The molecule has 17 heavy (non-hydrogen) atoms. The van der Waals surface area contributed by atoms with E-state index in [-0.39, 0.29) is 17.6 Å². The normalized spacial score (nSPS) is 19.4. The van der Waals surface area contributed by atoms with E-state index < -0.39 is 4.92 Å². The Labute approximate surface area is 99.2 Å². The van der Waals surface area contributed by atoms with Gasteiger partial charge in [0.05, 0.1) is 4.92 Å². The lowest BCUT2D eigenvalue weighted by molar-refractivity contribution is -0.384. The Bertz CT molecular complexity index is 459. The fraction of sp³-hybridized carbons (Fsp3) is 0.417. The molecule has 0 aliphatic carbocycles. The van der Waals surface area contributed by atoms with Gasteiger partial charge in [0.2, 0.25) is 0 Å². The van der Waals surface area contributed by atoms with Crippen LogP contribution in [0.4, 0.5) is 5.69 Å². The average Bonchev–Trinajstić information content (AvgIpc) is 2.74. The van der Waals surface area contributed by atoms with E-state index >= 15 is 0 Å². The molecule has 0 aromatic heterocycles. The van der Waals surface area contributed by atoms with Crippen molar-refractivity contribution in [2.24, 2.45) is 0 Å². The van der Waals surface area contributed by atoms with Crippen LogP contribution in [0.3, 0.4) is 0 Å². The van der Waals surface area contributed by atoms with Gasteiger partial charge in [-0.15, -0.1) is 0 Å². The highest BCUT2D eigenvalue weighted by molar-refractivity contribution is 5.95. The third-order valence-electron chi connectivity index (χ3n) is 3.12. The average molecular weight is 234 g/mol. The van der Waals surface area contributed by atoms with Crippen LogP contribution in [0, 0.1) is 10.1 Å². The molecule has 1 atom stereocenters. The van der Waals surface area contributed by atoms with Crippen molar-refractivity contribution in [3.05, 3.63) is 39.9 Å². The maximum Gasteiger partial charge on any atom is 0.270 e. The summed E-state index contributed by atoms with van der Waals surface area (Å²) < 4.78 is 0. The molecule has 1 saturated heterocycles. The van der Waals surface area contributed by atoms with Gasteiger partial charge in [0.15, 0.2) is 0 Å². The van der Waals surface area contributed by atoms with Crippen molar-refractivity contribution in [2.75, 3.05) is 6.54 Å². The van der Waals surface area contributed by atoms with Gasteiger partial charge in [0.1, 0.15) is 0 Å². The summed E-state index contributed by atoms with van der Waals surface area (Å²) in [6.07, 6.45) is 2.00. The van der Waals surface area contributed by atoms with Gasteiger partial charge < -0.3 is 4.90 Å². The number of amides is 1. The second kappa shape index (κ2) is 4.53. The van der Waals surface area contributed by atoms with Gasteiger partial charge in [-0.05, 0) is 25.8 Å². The van der Waals surface area contributed by atoms with E-state index in [2.05, 4.69) is 0 Å². The molecule has 90 valence electrons. The highest BCUT2D eigenvalue weighted by Gasteiger charge is 2.26. The highest BCUT2D eigenvalue weighted by atomic mass is 16.6. The SMILES string of the molecule is CC1CCCN1C(=O)c1cccc([N+](=O)[O-])c1. The zero-order valence-electron chi connectivity index (χ0n) is 9.63. The largest absolute Gasteiger partial charge is 0.336 e. The predicted molar refractivity (Wildman–Crippen MR) is 62.8 cm³/mol. The summed E-state index contributed by atoms with van der Waals surface area (Å²) in [4.78, 5) is 24.1. The van der Waals surface area contributed by atoms with Crippen molar-refractivity contribution < 1.29 is 9.72 Å². The molecule has 1 unspecified atom stereocenters. The number of benzene rings is 1. The Morgan fingerprint density at radius 1 is 1.53 bits per heavy atom. The minimum absolute atomic E-state index is 0.0392. The summed E-state index contributed by atoms with van der Waals surface area (Å²) in [7, 11) is 0. The quantitative estimate of drug-likeness (QED) is 0.582. The van der Waals surface area contributed by atoms with Crippen molar-refractivity contribution in [1.29, 1.82) is 0 Å². The lowest BCUT2D eigenvalue weighted by Gasteiger charge is -2.21. The Morgan fingerprint density at radius 3 is 2.88 bits per heavy atom. The Balaban J connectivity index is 2.24. The molecule has 0 spiro atoms. The number of carbonyl (C=O) groups excluding carboxylic acids is 1. The molecule has 0 N–H and O–H groups in total. The van der Waals surface area contributed by atoms with Crippen LogP contribution < -0.4 is 0 Å². The fourth-order valence-electron chi connectivity index (χ4n) is 2.15. The standard InChI is InChI=1S/C12H14N2O3/c1-9-4-3-7-13(9)12(15)10-5-2-6-11(8-10)14(16)17/h2,5-6,8-9H,3-4,7H2,1H3. The van der Waals surface area contributed by atoms with Gasteiger partial charge in [0, 0.05) is 30.3 Å². The number of rotatable bonds is 2. The lowest BCUT2D eigenvalue weighted by atomic mass is 10.1. The maximum absolute atomic E-state index is 12.1. The number of non-ortho nitro benzene ring substituents is 1. The summed E-state index contributed by atoms with van der Waals surface area (Å²) in [6.45, 7) is 2.74. The van der Waals surface area contributed by atoms with Crippen molar-refractivity contribution >= 4 is 11.6 Å². The highest BCUT2D eigenvalue weighted by Crippen LogP contribution is 2.21. The van der Waals surface area contributed by atoms with Gasteiger partial charge in [0.25, 0.3) is 11.6 Å². The minimum Gasteiger partial charge on any atom is -0.336 e. The van der Waals surface area contributed by atoms with Crippen LogP contribution in [-0.2, 0) is 0 Å². The molecule has 2 rings (SSSR count). The van der Waals surface area contributed by atoms with Crippen LogP contribution in [0.2, 0.25) is 0 Å². The van der Waals surface area contributed by atoms with E-state index in [1.807, 2.05) is 6.92 Å². The first-order valence-electron chi connectivity index (χ1n) is 5.65. The maximum atomic E-state index is 12.1. The summed E-state index contributed by atoms with van der Waals surface area (Å²) in [6, 6.07) is 6.13. The van der Waals surface area contributed by atoms with Crippen molar-refractivity contribution in [3.8, 4) is 0 Å². The molecular weight excluding hydrogens is 220 g/mol. The van der Waals surface area contributed by atoms with Gasteiger partial charge in [-0.25, -0.2) is 0 Å². The second-order valence-electron chi connectivity index (χ2n) is 4.30. The van der Waals surface area contributed by atoms with E-state index in [4.69, 9.17) is 0 Å². The molecule has 5 nitrogen and oxygen atoms in total. The molecule has 0 radical (unpaired) electrons. The molecule has 1 heterocycles. The van der Waals surface area contributed by atoms with Crippen LogP contribution in [0.15, 0.2) is 24.3 Å². The molecule has 1 aromatic rings. The smallest absolute Gasteiger partial charge is 0.270 e. The van der Waals surface area contributed by atoms with Crippen molar-refractivity contribution in [1.82, 2.24) is 4.90 Å². The van der Waals surface area contributed by atoms with E-state index in [1.54, 1.807) is 17.0 Å². The number of hydrogen-bond acceptors (Lipinski definition) is 3. The molecular formula is C12H14N2O3. The molecule has 0 saturated carbocycles. The van der Waals surface area contributed by atoms with Gasteiger partial charge in [-0.2, -0.15) is 0 Å². The van der Waals surface area contributed by atoms with Gasteiger partial charge in [-0.3, -0.25) is 14.9 Å². The number of carbonyl (C=O) groups is 1. The summed E-state index contributed by atoms with van der Waals surface area (Å²) >= 11 is 0. The molecule has 0 bridgehead atoms. The van der Waals surface area contributed by atoms with Gasteiger partial charge in [-0.1, -0.05) is 6.07 Å². The molecule has 1 aliphatic heterocycles. The van der Waals surface area contributed by atoms with E-state index in [0.717, 1.165) is 19.4 Å². The molecule has 5 heteroatoms. The van der Waals surface area contributed by atoms with Gasteiger partial charge >= 0.3 is 0 Å². The third kappa shape index (κ3) is 2.27. The third-order valence-corrected chi connectivity index (χ3v) is 3.12. The summed E-state index contributed by atoms with van der Waals surface area (Å²) in [5, 5.41) is 10.6. The number of nitrogens with zero attached hydrogens (tertiary/aromatic N) is 2. The molecule has 1 amide bonds. The van der Waals surface area contributed by atoms with Crippen LogP contribution >= 0.6 is 0 Å². The molecule has 1 aliphatic rings. The number of nitro groups is 1. The van der Waals surface area contributed by atoms with Crippen LogP contribution in [0.1, 0.15) is 30.1 Å². The minimum atomic E-state index is -0.482. The van der Waals surface area contributed by atoms with Crippen molar-refractivity contribution in [2.45, 2.75) is 25.8 Å². The summed E-state index contributed by atoms with van der Waals surface area (Å²) in [5.74, 6) is -0.112. The number of nitro benzene ring substituents is 1. The number of likely N-dealkylation sites (tertiary alicyclic amines) is 1. The number of hydrogen-bond donors (Lipinski definition) is 0. The monoisotopic (exact) mass is 234 g/mol. The zero-order valence-corrected chi connectivity index (χ0v) is 9.63. The second-order valence-corrected chi connectivity index (χ2v) is 4.30. The van der Waals surface area contributed by atoms with E-state index in [0.29, 0.717) is 5.56 Å². The first kappa shape index (κ1) is 11.6. The predicted octanol–water partition coefficient (Wildman–Crippen LogP) is 2.22. The summed E-state index contributed by atoms with van der Waals surface area (Å²) in [5.41, 5.74) is 0.357. The van der Waals surface area contributed by atoms with Crippen LogP contribution in [0.5, 0.6) is 0 Å². The van der Waals surface area contributed by atoms with Crippen molar-refractivity contribution in [3.63, 3.8) is 0 Å². The van der Waals surface area contributed by atoms with Crippen LogP contribution in [-0.4, -0.2) is 28.3 Å². The van der Waals surface area contributed by atoms with E-state index in [9.17, 15) is 14.9 Å². The Hall–Kier alpha value is -1.91. The first-order chi connectivity index (χ1) is 8.09. The van der Waals surface area contributed by atoms with E-state index in [1.165, 1.54) is 12.1 Å². The molecule has 1 aromatic carbocycles. The molecule has 1 fully saturated rings.